The zero-order valence-electron chi connectivity index (χ0n) is 12.5. The Morgan fingerprint density at radius 1 is 1.09 bits per heavy atom. The van der Waals surface area contributed by atoms with E-state index in [0.717, 1.165) is 37.8 Å². The van der Waals surface area contributed by atoms with Gasteiger partial charge in [0.15, 0.2) is 6.10 Å². The number of nitrogens with one attached hydrogen (secondary N) is 1. The number of carbonyl (C=O) groups excluding carboxylic acids is 1. The summed E-state index contributed by atoms with van der Waals surface area (Å²) in [6.45, 7) is 1.76. The average molecular weight is 368 g/mol. The summed E-state index contributed by atoms with van der Waals surface area (Å²) in [5.74, 6) is 0.581. The molecule has 0 bridgehead atoms. The summed E-state index contributed by atoms with van der Waals surface area (Å²) in [5.41, 5.74) is 2.75. The minimum absolute atomic E-state index is 0.146. The van der Waals surface area contributed by atoms with Crippen molar-refractivity contribution in [1.29, 1.82) is 0 Å². The first-order valence-corrected chi connectivity index (χ1v) is 8.22. The average Bonchev–Trinajstić information content (AvgIpc) is 2.55. The van der Waals surface area contributed by atoms with Crippen LogP contribution in [0.4, 0.5) is 5.69 Å². The first-order chi connectivity index (χ1) is 11.1. The van der Waals surface area contributed by atoms with Crippen molar-refractivity contribution in [3.8, 4) is 16.9 Å². The molecule has 1 heterocycles. The molecular weight excluding hydrogens is 354 g/mol. The van der Waals surface area contributed by atoms with Crippen molar-refractivity contribution in [2.45, 2.75) is 13.0 Å². The highest BCUT2D eigenvalue weighted by atomic mass is 79.9. The van der Waals surface area contributed by atoms with E-state index in [2.05, 4.69) is 33.4 Å². The lowest BCUT2D eigenvalue weighted by atomic mass is 9.95. The minimum atomic E-state index is -0.549. The molecule has 3 aromatic rings. The van der Waals surface area contributed by atoms with Crippen LogP contribution in [0.5, 0.6) is 5.75 Å². The van der Waals surface area contributed by atoms with Gasteiger partial charge in [-0.25, -0.2) is 0 Å². The van der Waals surface area contributed by atoms with Gasteiger partial charge in [0.1, 0.15) is 5.75 Å². The van der Waals surface area contributed by atoms with Crippen molar-refractivity contribution in [2.24, 2.45) is 0 Å². The van der Waals surface area contributed by atoms with Gasteiger partial charge in [-0.15, -0.1) is 0 Å². The van der Waals surface area contributed by atoms with Crippen molar-refractivity contribution in [3.05, 3.63) is 59.1 Å². The number of ether oxygens (including phenoxy) is 1. The summed E-state index contributed by atoms with van der Waals surface area (Å²) in [7, 11) is 0. The van der Waals surface area contributed by atoms with Gasteiger partial charge in [-0.05, 0) is 42.0 Å². The van der Waals surface area contributed by atoms with Crippen LogP contribution in [0.25, 0.3) is 21.9 Å². The predicted molar refractivity (Wildman–Crippen MR) is 95.8 cm³/mol. The van der Waals surface area contributed by atoms with E-state index in [1.807, 2.05) is 42.5 Å². The second-order valence-corrected chi connectivity index (χ2v) is 6.51. The van der Waals surface area contributed by atoms with Gasteiger partial charge in [0.25, 0.3) is 5.91 Å². The summed E-state index contributed by atoms with van der Waals surface area (Å²) in [6.07, 6.45) is -0.549. The molecule has 0 saturated carbocycles. The van der Waals surface area contributed by atoms with Crippen LogP contribution in [0, 0.1) is 0 Å². The third-order valence-corrected chi connectivity index (χ3v) is 4.57. The lowest BCUT2D eigenvalue weighted by molar-refractivity contribution is -0.122. The molecule has 1 N–H and O–H groups in total. The van der Waals surface area contributed by atoms with Crippen LogP contribution in [-0.4, -0.2) is 12.0 Å². The lowest BCUT2D eigenvalue weighted by Gasteiger charge is -2.24. The van der Waals surface area contributed by atoms with E-state index < -0.39 is 6.10 Å². The number of rotatable bonds is 0. The van der Waals surface area contributed by atoms with Crippen LogP contribution in [0.2, 0.25) is 0 Å². The van der Waals surface area contributed by atoms with Gasteiger partial charge in [0.05, 0.1) is 0 Å². The van der Waals surface area contributed by atoms with Crippen LogP contribution in [0.1, 0.15) is 6.92 Å². The maximum Gasteiger partial charge on any atom is 0.265 e. The molecule has 1 aliphatic rings. The standard InChI is InChI=1S/C19H14BrNO2/c1-11-19(22)21-16-8-7-13(20)10-15(16)18-14-5-3-2-4-12(14)6-9-17(18)23-11/h2-11H,1H3,(H,21,22)/t11-/m0/s1. The van der Waals surface area contributed by atoms with E-state index in [1.165, 1.54) is 0 Å². The van der Waals surface area contributed by atoms with Gasteiger partial charge in [0, 0.05) is 21.3 Å². The summed E-state index contributed by atoms with van der Waals surface area (Å²) in [5, 5.41) is 5.20. The summed E-state index contributed by atoms with van der Waals surface area (Å²) >= 11 is 3.52. The zero-order valence-corrected chi connectivity index (χ0v) is 14.1. The molecule has 23 heavy (non-hydrogen) atoms. The summed E-state index contributed by atoms with van der Waals surface area (Å²) in [4.78, 5) is 12.2. The molecule has 1 atom stereocenters. The molecule has 3 nitrogen and oxygen atoms in total. The lowest BCUT2D eigenvalue weighted by Crippen LogP contribution is -2.31. The highest BCUT2D eigenvalue weighted by Gasteiger charge is 2.24. The molecule has 1 aliphatic heterocycles. The zero-order chi connectivity index (χ0) is 16.0. The highest BCUT2D eigenvalue weighted by molar-refractivity contribution is 9.10. The van der Waals surface area contributed by atoms with Gasteiger partial charge >= 0.3 is 0 Å². The Morgan fingerprint density at radius 2 is 1.91 bits per heavy atom. The Balaban J connectivity index is 2.11. The number of benzene rings is 3. The highest BCUT2D eigenvalue weighted by Crippen LogP contribution is 2.43. The molecule has 0 fully saturated rings. The molecule has 0 unspecified atom stereocenters. The topological polar surface area (TPSA) is 38.3 Å². The van der Waals surface area contributed by atoms with Crippen LogP contribution < -0.4 is 10.1 Å². The number of hydrogen-bond acceptors (Lipinski definition) is 2. The van der Waals surface area contributed by atoms with Gasteiger partial charge in [-0.3, -0.25) is 4.79 Å². The summed E-state index contributed by atoms with van der Waals surface area (Å²) < 4.78 is 6.88. The van der Waals surface area contributed by atoms with E-state index in [-0.39, 0.29) is 5.91 Å². The van der Waals surface area contributed by atoms with Crippen LogP contribution in [0.15, 0.2) is 59.1 Å². The van der Waals surface area contributed by atoms with Gasteiger partial charge in [-0.1, -0.05) is 46.3 Å². The number of carbonyl (C=O) groups is 1. The largest absolute Gasteiger partial charge is 0.480 e. The molecule has 4 heteroatoms. The summed E-state index contributed by atoms with van der Waals surface area (Å²) in [6, 6.07) is 18.0. The van der Waals surface area contributed by atoms with E-state index >= 15 is 0 Å². The van der Waals surface area contributed by atoms with E-state index in [4.69, 9.17) is 4.74 Å². The van der Waals surface area contributed by atoms with Crippen molar-refractivity contribution in [1.82, 2.24) is 0 Å². The third kappa shape index (κ3) is 2.39. The Bertz CT molecular complexity index is 936. The van der Waals surface area contributed by atoms with Crippen molar-refractivity contribution >= 4 is 38.3 Å². The quantitative estimate of drug-likeness (QED) is 0.607. The number of amides is 1. The fourth-order valence-corrected chi connectivity index (χ4v) is 3.30. The Morgan fingerprint density at radius 3 is 2.78 bits per heavy atom. The normalized spacial score (nSPS) is 16.6. The molecule has 0 aliphatic carbocycles. The van der Waals surface area contributed by atoms with Gasteiger partial charge in [0.2, 0.25) is 0 Å². The monoisotopic (exact) mass is 367 g/mol. The second kappa shape index (κ2) is 5.39. The van der Waals surface area contributed by atoms with Crippen molar-refractivity contribution in [2.75, 3.05) is 5.32 Å². The number of halogens is 1. The maximum atomic E-state index is 12.2. The smallest absolute Gasteiger partial charge is 0.265 e. The third-order valence-electron chi connectivity index (χ3n) is 4.07. The molecule has 0 radical (unpaired) electrons. The molecule has 0 saturated heterocycles. The van der Waals surface area contributed by atoms with Crippen LogP contribution in [-0.2, 0) is 4.79 Å². The SMILES string of the molecule is C[C@@H]1Oc2ccc3ccccc3c2-c2cc(Br)ccc2NC1=O. The van der Waals surface area contributed by atoms with E-state index in [9.17, 15) is 4.79 Å². The van der Waals surface area contributed by atoms with Crippen molar-refractivity contribution in [3.63, 3.8) is 0 Å². The molecule has 1 amide bonds. The molecule has 0 aromatic heterocycles. The fraction of sp³-hybridized carbons (Fsp3) is 0.105. The van der Waals surface area contributed by atoms with Gasteiger partial charge < -0.3 is 10.1 Å². The first kappa shape index (κ1) is 14.3. The predicted octanol–water partition coefficient (Wildman–Crippen LogP) is 4.99. The first-order valence-electron chi connectivity index (χ1n) is 7.43. The van der Waals surface area contributed by atoms with Crippen LogP contribution in [0.3, 0.4) is 0 Å². The minimum Gasteiger partial charge on any atom is -0.480 e. The molecule has 0 spiro atoms. The van der Waals surface area contributed by atoms with Crippen LogP contribution >= 0.6 is 15.9 Å². The Kier molecular flexibility index (Phi) is 3.34. The number of hydrogen-bond donors (Lipinski definition) is 1. The molecule has 4 rings (SSSR count). The van der Waals surface area contributed by atoms with E-state index in [1.54, 1.807) is 6.92 Å². The molecular formula is C19H14BrNO2. The van der Waals surface area contributed by atoms with E-state index in [0.29, 0.717) is 0 Å². The fourth-order valence-electron chi connectivity index (χ4n) is 2.94. The number of fused-ring (bicyclic) bond motifs is 5. The van der Waals surface area contributed by atoms with Crippen molar-refractivity contribution < 1.29 is 9.53 Å². The molecule has 114 valence electrons. The van der Waals surface area contributed by atoms with Gasteiger partial charge in [-0.2, -0.15) is 0 Å². The Hall–Kier alpha value is -2.33. The molecule has 3 aromatic carbocycles. The maximum absolute atomic E-state index is 12.2. The Labute approximate surface area is 142 Å². The number of anilines is 1. The second-order valence-electron chi connectivity index (χ2n) is 5.60.